The van der Waals surface area contributed by atoms with Crippen LogP contribution in [0.5, 0.6) is 0 Å². The third-order valence-corrected chi connectivity index (χ3v) is 4.40. The van der Waals surface area contributed by atoms with E-state index in [1.807, 2.05) is 0 Å². The molecule has 1 aromatic rings. The number of carbonyl (C=O) groups excluding carboxylic acids is 1. The van der Waals surface area contributed by atoms with Gasteiger partial charge in [0.05, 0.1) is 11.1 Å². The Morgan fingerprint density at radius 3 is 2.76 bits per heavy atom. The SMILES string of the molecule is O=C(c1ccccc1C(F)(F)F)N1CCCC2CNCC21. The zero-order valence-corrected chi connectivity index (χ0v) is 11.5. The molecule has 6 heteroatoms. The molecule has 0 aromatic heterocycles. The van der Waals surface area contributed by atoms with Crippen molar-refractivity contribution in [3.8, 4) is 0 Å². The summed E-state index contributed by atoms with van der Waals surface area (Å²) in [6.45, 7) is 2.05. The second-order valence-corrected chi connectivity index (χ2v) is 5.67. The van der Waals surface area contributed by atoms with Crippen molar-refractivity contribution in [2.45, 2.75) is 25.1 Å². The van der Waals surface area contributed by atoms with Crippen LogP contribution in [0.25, 0.3) is 0 Å². The number of benzene rings is 1. The van der Waals surface area contributed by atoms with Gasteiger partial charge in [-0.3, -0.25) is 4.79 Å². The molecule has 114 valence electrons. The van der Waals surface area contributed by atoms with E-state index in [0.717, 1.165) is 25.5 Å². The van der Waals surface area contributed by atoms with Crippen LogP contribution in [0.4, 0.5) is 13.2 Å². The zero-order valence-electron chi connectivity index (χ0n) is 11.5. The van der Waals surface area contributed by atoms with Gasteiger partial charge in [-0.25, -0.2) is 0 Å². The monoisotopic (exact) mass is 298 g/mol. The first kappa shape index (κ1) is 14.4. The van der Waals surface area contributed by atoms with Crippen molar-refractivity contribution >= 4 is 5.91 Å². The molecule has 1 N–H and O–H groups in total. The quantitative estimate of drug-likeness (QED) is 0.864. The fourth-order valence-electron chi connectivity index (χ4n) is 3.39. The number of likely N-dealkylation sites (tertiary alicyclic amines) is 1. The standard InChI is InChI=1S/C15H17F3N2O/c16-15(17,18)12-6-2-1-5-11(12)14(21)20-7-3-4-10-8-19-9-13(10)20/h1-2,5-6,10,13,19H,3-4,7-9H2. The molecule has 2 unspecified atom stereocenters. The van der Waals surface area contributed by atoms with Crippen molar-refractivity contribution in [2.24, 2.45) is 5.92 Å². The molecule has 21 heavy (non-hydrogen) atoms. The Morgan fingerprint density at radius 1 is 1.24 bits per heavy atom. The summed E-state index contributed by atoms with van der Waals surface area (Å²) in [6.07, 6.45) is -2.62. The molecule has 0 radical (unpaired) electrons. The summed E-state index contributed by atoms with van der Waals surface area (Å²) in [4.78, 5) is 14.2. The normalized spacial score (nSPS) is 25.8. The van der Waals surface area contributed by atoms with Gasteiger partial charge < -0.3 is 10.2 Å². The van der Waals surface area contributed by atoms with Gasteiger partial charge in [0.2, 0.25) is 0 Å². The average molecular weight is 298 g/mol. The Hall–Kier alpha value is -1.56. The predicted molar refractivity (Wildman–Crippen MR) is 71.9 cm³/mol. The van der Waals surface area contributed by atoms with E-state index < -0.39 is 17.6 Å². The largest absolute Gasteiger partial charge is 0.417 e. The number of hydrogen-bond donors (Lipinski definition) is 1. The first-order valence-corrected chi connectivity index (χ1v) is 7.16. The molecule has 0 saturated carbocycles. The molecule has 0 spiro atoms. The molecular weight excluding hydrogens is 281 g/mol. The average Bonchev–Trinajstić information content (AvgIpc) is 2.94. The van der Waals surface area contributed by atoms with E-state index in [-0.39, 0.29) is 11.6 Å². The lowest BCUT2D eigenvalue weighted by atomic mass is 9.91. The van der Waals surface area contributed by atoms with Crippen LogP contribution in [0, 0.1) is 5.92 Å². The van der Waals surface area contributed by atoms with E-state index in [4.69, 9.17) is 0 Å². The van der Waals surface area contributed by atoms with E-state index in [2.05, 4.69) is 5.32 Å². The number of hydrogen-bond acceptors (Lipinski definition) is 2. The van der Waals surface area contributed by atoms with Gasteiger partial charge in [-0.2, -0.15) is 13.2 Å². The van der Waals surface area contributed by atoms with Crippen LogP contribution in [-0.2, 0) is 6.18 Å². The van der Waals surface area contributed by atoms with Crippen molar-refractivity contribution in [3.63, 3.8) is 0 Å². The molecule has 2 aliphatic rings. The van der Waals surface area contributed by atoms with Crippen molar-refractivity contribution in [1.82, 2.24) is 10.2 Å². The fraction of sp³-hybridized carbons (Fsp3) is 0.533. The van der Waals surface area contributed by atoms with Crippen molar-refractivity contribution in [1.29, 1.82) is 0 Å². The highest BCUT2D eigenvalue weighted by molar-refractivity contribution is 5.96. The summed E-state index contributed by atoms with van der Waals surface area (Å²) in [5, 5.41) is 3.23. The van der Waals surface area contributed by atoms with Crippen molar-refractivity contribution in [2.75, 3.05) is 19.6 Å². The molecule has 1 amide bonds. The van der Waals surface area contributed by atoms with Crippen molar-refractivity contribution in [3.05, 3.63) is 35.4 Å². The highest BCUT2D eigenvalue weighted by atomic mass is 19.4. The number of carbonyl (C=O) groups is 1. The van der Waals surface area contributed by atoms with Crippen LogP contribution in [0.1, 0.15) is 28.8 Å². The number of nitrogens with one attached hydrogen (secondary N) is 1. The molecule has 2 aliphatic heterocycles. The van der Waals surface area contributed by atoms with Gasteiger partial charge in [-0.15, -0.1) is 0 Å². The lowest BCUT2D eigenvalue weighted by Gasteiger charge is -2.37. The van der Waals surface area contributed by atoms with Crippen LogP contribution in [0.3, 0.4) is 0 Å². The number of halogens is 3. The lowest BCUT2D eigenvalue weighted by Crippen LogP contribution is -2.48. The molecule has 2 heterocycles. The van der Waals surface area contributed by atoms with Crippen LogP contribution in [0.15, 0.2) is 24.3 Å². The Labute approximate surface area is 121 Å². The summed E-state index contributed by atoms with van der Waals surface area (Å²) >= 11 is 0. The Bertz CT molecular complexity index is 544. The van der Waals surface area contributed by atoms with Gasteiger partial charge in [0.1, 0.15) is 0 Å². The van der Waals surface area contributed by atoms with Crippen LogP contribution >= 0.6 is 0 Å². The van der Waals surface area contributed by atoms with Gasteiger partial charge in [0, 0.05) is 25.7 Å². The number of fused-ring (bicyclic) bond motifs is 1. The van der Waals surface area contributed by atoms with Gasteiger partial charge in [0.25, 0.3) is 5.91 Å². The summed E-state index contributed by atoms with van der Waals surface area (Å²) < 4.78 is 39.2. The van der Waals surface area contributed by atoms with Crippen LogP contribution < -0.4 is 5.32 Å². The Kier molecular flexibility index (Phi) is 3.65. The molecule has 0 aliphatic carbocycles. The number of nitrogens with zero attached hydrogens (tertiary/aromatic N) is 1. The van der Waals surface area contributed by atoms with Gasteiger partial charge in [0.15, 0.2) is 0 Å². The van der Waals surface area contributed by atoms with E-state index in [0.29, 0.717) is 19.0 Å². The molecule has 2 saturated heterocycles. The van der Waals surface area contributed by atoms with Gasteiger partial charge in [-0.05, 0) is 30.9 Å². The first-order valence-electron chi connectivity index (χ1n) is 7.16. The molecule has 3 rings (SSSR count). The van der Waals surface area contributed by atoms with E-state index in [1.54, 1.807) is 4.90 Å². The topological polar surface area (TPSA) is 32.3 Å². The molecule has 1 aromatic carbocycles. The minimum absolute atomic E-state index is 0.0209. The summed E-state index contributed by atoms with van der Waals surface area (Å²) in [5.74, 6) is -0.137. The third-order valence-electron chi connectivity index (χ3n) is 4.40. The Balaban J connectivity index is 1.92. The third kappa shape index (κ3) is 2.64. The molecular formula is C15H17F3N2O. The number of piperidine rings is 1. The van der Waals surface area contributed by atoms with Gasteiger partial charge in [-0.1, -0.05) is 12.1 Å². The Morgan fingerprint density at radius 2 is 2.00 bits per heavy atom. The minimum Gasteiger partial charge on any atom is -0.334 e. The van der Waals surface area contributed by atoms with E-state index in [1.165, 1.54) is 18.2 Å². The first-order chi connectivity index (χ1) is 9.98. The molecule has 3 nitrogen and oxygen atoms in total. The summed E-state index contributed by atoms with van der Waals surface area (Å²) in [7, 11) is 0. The molecule has 0 bridgehead atoms. The van der Waals surface area contributed by atoms with Crippen molar-refractivity contribution < 1.29 is 18.0 Å². The molecule has 2 fully saturated rings. The summed E-state index contributed by atoms with van der Waals surface area (Å²) in [5.41, 5.74) is -1.08. The highest BCUT2D eigenvalue weighted by Crippen LogP contribution is 2.34. The number of amides is 1. The minimum atomic E-state index is -4.50. The maximum atomic E-state index is 13.1. The maximum absolute atomic E-state index is 13.1. The smallest absolute Gasteiger partial charge is 0.334 e. The molecule has 2 atom stereocenters. The number of rotatable bonds is 1. The van der Waals surface area contributed by atoms with E-state index >= 15 is 0 Å². The zero-order chi connectivity index (χ0) is 15.0. The van der Waals surface area contributed by atoms with Gasteiger partial charge >= 0.3 is 6.18 Å². The second-order valence-electron chi connectivity index (χ2n) is 5.67. The lowest BCUT2D eigenvalue weighted by molar-refractivity contribution is -0.138. The summed E-state index contributed by atoms with van der Waals surface area (Å²) in [6, 6.07) is 5.07. The predicted octanol–water partition coefficient (Wildman–Crippen LogP) is 2.53. The number of alkyl halides is 3. The maximum Gasteiger partial charge on any atom is 0.417 e. The highest BCUT2D eigenvalue weighted by Gasteiger charge is 2.41. The second kappa shape index (κ2) is 5.33. The van der Waals surface area contributed by atoms with Crippen LogP contribution in [0.2, 0.25) is 0 Å². The van der Waals surface area contributed by atoms with E-state index in [9.17, 15) is 18.0 Å². The fourth-order valence-corrected chi connectivity index (χ4v) is 3.39. The van der Waals surface area contributed by atoms with Crippen LogP contribution in [-0.4, -0.2) is 36.5 Å².